The summed E-state index contributed by atoms with van der Waals surface area (Å²) < 4.78 is 5.21. The van der Waals surface area contributed by atoms with Crippen molar-refractivity contribution in [2.45, 2.75) is 26.9 Å². The predicted octanol–water partition coefficient (Wildman–Crippen LogP) is 2.52. The predicted molar refractivity (Wildman–Crippen MR) is 63.4 cm³/mol. The summed E-state index contributed by atoms with van der Waals surface area (Å²) >= 11 is 5.79. The average Bonchev–Trinajstić information content (AvgIpc) is 2.21. The van der Waals surface area contributed by atoms with Crippen LogP contribution in [0.4, 0.5) is 5.69 Å². The first-order valence-corrected chi connectivity index (χ1v) is 5.41. The second-order valence-electron chi connectivity index (χ2n) is 3.96. The number of esters is 1. The number of anilines is 1. The third-order valence-corrected chi connectivity index (χ3v) is 2.61. The lowest BCUT2D eigenvalue weighted by atomic mass is 10.1. The first-order valence-electron chi connectivity index (χ1n) is 5.03. The van der Waals surface area contributed by atoms with Crippen molar-refractivity contribution in [1.82, 2.24) is 4.98 Å². The van der Waals surface area contributed by atoms with Crippen LogP contribution in [-0.2, 0) is 4.74 Å². The Balaban J connectivity index is 2.84. The first-order chi connectivity index (χ1) is 7.41. The van der Waals surface area contributed by atoms with E-state index in [0.717, 1.165) is 0 Å². The van der Waals surface area contributed by atoms with Crippen LogP contribution in [-0.4, -0.2) is 17.1 Å². The normalized spacial score (nSPS) is 12.6. The zero-order valence-electron chi connectivity index (χ0n) is 9.53. The van der Waals surface area contributed by atoms with Crippen LogP contribution in [0.3, 0.4) is 0 Å². The highest BCUT2D eigenvalue weighted by Gasteiger charge is 2.18. The molecule has 0 amide bonds. The topological polar surface area (TPSA) is 65.2 Å². The molecule has 4 nitrogen and oxygen atoms in total. The molecular formula is C11H15ClN2O2. The second kappa shape index (κ2) is 5.16. The second-order valence-corrected chi connectivity index (χ2v) is 4.32. The molecule has 0 saturated heterocycles. The molecule has 2 N–H and O–H groups in total. The van der Waals surface area contributed by atoms with Gasteiger partial charge in [0.25, 0.3) is 0 Å². The number of halogens is 1. The van der Waals surface area contributed by atoms with Crippen molar-refractivity contribution in [1.29, 1.82) is 0 Å². The maximum Gasteiger partial charge on any atom is 0.341 e. The summed E-state index contributed by atoms with van der Waals surface area (Å²) in [4.78, 5) is 15.5. The minimum absolute atomic E-state index is 0.107. The Bertz CT molecular complexity index is 394. The molecule has 0 aromatic carbocycles. The monoisotopic (exact) mass is 242 g/mol. The fraction of sp³-hybridized carbons (Fsp3) is 0.455. The molecule has 5 heteroatoms. The molecule has 1 aromatic rings. The number of hydrogen-bond acceptors (Lipinski definition) is 4. The summed E-state index contributed by atoms with van der Waals surface area (Å²) in [5, 5.41) is 0.107. The van der Waals surface area contributed by atoms with Gasteiger partial charge in [-0.1, -0.05) is 25.4 Å². The van der Waals surface area contributed by atoms with Crippen LogP contribution in [0.5, 0.6) is 0 Å². The number of aromatic nitrogens is 1. The van der Waals surface area contributed by atoms with E-state index in [1.165, 1.54) is 12.3 Å². The van der Waals surface area contributed by atoms with Gasteiger partial charge in [0, 0.05) is 0 Å². The van der Waals surface area contributed by atoms with E-state index in [1.807, 2.05) is 20.8 Å². The molecule has 1 rings (SSSR count). The van der Waals surface area contributed by atoms with E-state index in [-0.39, 0.29) is 22.7 Å². The molecule has 0 bridgehead atoms. The highest BCUT2D eigenvalue weighted by atomic mass is 35.5. The van der Waals surface area contributed by atoms with Gasteiger partial charge >= 0.3 is 5.97 Å². The molecule has 0 spiro atoms. The molecule has 1 heterocycles. The average molecular weight is 243 g/mol. The molecule has 0 saturated carbocycles. The Hall–Kier alpha value is -1.29. The SMILES string of the molecule is CC(C)C(C)OC(=O)c1cc(N)cnc1Cl. The van der Waals surface area contributed by atoms with Gasteiger partial charge in [-0.25, -0.2) is 9.78 Å². The summed E-state index contributed by atoms with van der Waals surface area (Å²) in [6.45, 7) is 5.77. The van der Waals surface area contributed by atoms with E-state index in [2.05, 4.69) is 4.98 Å². The van der Waals surface area contributed by atoms with Gasteiger partial charge in [-0.3, -0.25) is 0 Å². The van der Waals surface area contributed by atoms with Crippen molar-refractivity contribution in [3.8, 4) is 0 Å². The summed E-state index contributed by atoms with van der Waals surface area (Å²) in [6.07, 6.45) is 1.22. The van der Waals surface area contributed by atoms with Crippen LogP contribution in [0.15, 0.2) is 12.3 Å². The lowest BCUT2D eigenvalue weighted by Gasteiger charge is -2.16. The third-order valence-electron chi connectivity index (χ3n) is 2.31. The van der Waals surface area contributed by atoms with Gasteiger partial charge in [0.2, 0.25) is 0 Å². The molecule has 1 atom stereocenters. The van der Waals surface area contributed by atoms with Crippen molar-refractivity contribution < 1.29 is 9.53 Å². The van der Waals surface area contributed by atoms with Crippen molar-refractivity contribution in [3.63, 3.8) is 0 Å². The summed E-state index contributed by atoms with van der Waals surface area (Å²) in [5.41, 5.74) is 6.11. The number of carbonyl (C=O) groups excluding carboxylic acids is 1. The van der Waals surface area contributed by atoms with Crippen molar-refractivity contribution in [3.05, 3.63) is 23.0 Å². The lowest BCUT2D eigenvalue weighted by Crippen LogP contribution is -2.20. The summed E-state index contributed by atoms with van der Waals surface area (Å²) in [7, 11) is 0. The smallest absolute Gasteiger partial charge is 0.341 e. The Labute approximate surface area is 99.8 Å². The third kappa shape index (κ3) is 3.10. The number of pyridine rings is 1. The Kier molecular flexibility index (Phi) is 4.12. The minimum atomic E-state index is -0.494. The van der Waals surface area contributed by atoms with E-state index >= 15 is 0 Å². The zero-order chi connectivity index (χ0) is 12.3. The number of carbonyl (C=O) groups is 1. The van der Waals surface area contributed by atoms with Crippen LogP contribution in [0.1, 0.15) is 31.1 Å². The fourth-order valence-corrected chi connectivity index (χ4v) is 1.16. The van der Waals surface area contributed by atoms with Gasteiger partial charge in [0.15, 0.2) is 0 Å². The van der Waals surface area contributed by atoms with Crippen molar-refractivity contribution >= 4 is 23.3 Å². The highest BCUT2D eigenvalue weighted by molar-refractivity contribution is 6.32. The quantitative estimate of drug-likeness (QED) is 0.653. The molecule has 0 aliphatic heterocycles. The van der Waals surface area contributed by atoms with E-state index in [0.29, 0.717) is 5.69 Å². The van der Waals surface area contributed by atoms with E-state index in [9.17, 15) is 4.79 Å². The molecule has 1 unspecified atom stereocenters. The standard InChI is InChI=1S/C11H15ClN2O2/c1-6(2)7(3)16-11(15)9-4-8(13)5-14-10(9)12/h4-7H,13H2,1-3H3. The molecule has 0 aliphatic carbocycles. The number of rotatable bonds is 3. The Morgan fingerprint density at radius 3 is 2.69 bits per heavy atom. The highest BCUT2D eigenvalue weighted by Crippen LogP contribution is 2.18. The minimum Gasteiger partial charge on any atom is -0.459 e. The van der Waals surface area contributed by atoms with Crippen LogP contribution in [0.2, 0.25) is 5.15 Å². The van der Waals surface area contributed by atoms with Gasteiger partial charge < -0.3 is 10.5 Å². The number of hydrogen-bond donors (Lipinski definition) is 1. The van der Waals surface area contributed by atoms with Gasteiger partial charge in [0.05, 0.1) is 17.4 Å². The van der Waals surface area contributed by atoms with E-state index < -0.39 is 5.97 Å². The fourth-order valence-electron chi connectivity index (χ4n) is 0.976. The van der Waals surface area contributed by atoms with Crippen molar-refractivity contribution in [2.24, 2.45) is 5.92 Å². The Morgan fingerprint density at radius 1 is 1.50 bits per heavy atom. The van der Waals surface area contributed by atoms with Crippen molar-refractivity contribution in [2.75, 3.05) is 5.73 Å². The van der Waals surface area contributed by atoms with E-state index in [4.69, 9.17) is 22.1 Å². The summed E-state index contributed by atoms with van der Waals surface area (Å²) in [6, 6.07) is 1.46. The largest absolute Gasteiger partial charge is 0.459 e. The number of ether oxygens (including phenoxy) is 1. The molecule has 16 heavy (non-hydrogen) atoms. The maximum absolute atomic E-state index is 11.7. The van der Waals surface area contributed by atoms with Crippen LogP contribution >= 0.6 is 11.6 Å². The Morgan fingerprint density at radius 2 is 2.12 bits per heavy atom. The van der Waals surface area contributed by atoms with Gasteiger partial charge in [-0.15, -0.1) is 0 Å². The number of nitrogens with zero attached hydrogens (tertiary/aromatic N) is 1. The number of nitrogens with two attached hydrogens (primary N) is 1. The molecular weight excluding hydrogens is 228 g/mol. The molecule has 0 aliphatic rings. The molecule has 1 aromatic heterocycles. The van der Waals surface area contributed by atoms with Gasteiger partial charge in [-0.2, -0.15) is 0 Å². The first kappa shape index (κ1) is 12.8. The lowest BCUT2D eigenvalue weighted by molar-refractivity contribution is 0.0238. The van der Waals surface area contributed by atoms with Crippen LogP contribution in [0, 0.1) is 5.92 Å². The number of nitrogen functional groups attached to an aromatic ring is 1. The van der Waals surface area contributed by atoms with Crippen LogP contribution in [0.25, 0.3) is 0 Å². The summed E-state index contributed by atoms with van der Waals surface area (Å²) in [5.74, 6) is -0.247. The molecule has 88 valence electrons. The van der Waals surface area contributed by atoms with Gasteiger partial charge in [-0.05, 0) is 18.9 Å². The molecule has 0 radical (unpaired) electrons. The van der Waals surface area contributed by atoms with E-state index in [1.54, 1.807) is 0 Å². The molecule has 0 fully saturated rings. The van der Waals surface area contributed by atoms with Crippen LogP contribution < -0.4 is 5.73 Å². The maximum atomic E-state index is 11.7. The zero-order valence-corrected chi connectivity index (χ0v) is 10.3. The van der Waals surface area contributed by atoms with Gasteiger partial charge in [0.1, 0.15) is 11.3 Å².